The molecule has 1 atom stereocenters. The van der Waals surface area contributed by atoms with Crippen LogP contribution in [0.5, 0.6) is 0 Å². The molecule has 1 aromatic carbocycles. The summed E-state index contributed by atoms with van der Waals surface area (Å²) < 4.78 is 4.95. The Kier molecular flexibility index (Phi) is 2.60. The standard InChI is InChI=1S/C11H13NO3/c1-8-3-2-4-9(5-8)12-6-10(7-13)15-11(12)14/h2-5,10,13H,6-7H2,1H3/t10-/m0/s1. The van der Waals surface area contributed by atoms with E-state index in [1.807, 2.05) is 31.2 Å². The number of amides is 1. The number of ether oxygens (including phenoxy) is 1. The molecule has 1 amide bonds. The van der Waals surface area contributed by atoms with Crippen molar-refractivity contribution in [2.24, 2.45) is 0 Å². The fourth-order valence-electron chi connectivity index (χ4n) is 1.62. The number of nitrogens with zero attached hydrogens (tertiary/aromatic N) is 1. The highest BCUT2D eigenvalue weighted by Crippen LogP contribution is 2.22. The van der Waals surface area contributed by atoms with Crippen LogP contribution in [-0.4, -0.2) is 30.5 Å². The number of carbonyl (C=O) groups excluding carboxylic acids is 1. The topological polar surface area (TPSA) is 49.8 Å². The third-order valence-electron chi connectivity index (χ3n) is 2.39. The number of rotatable bonds is 2. The summed E-state index contributed by atoms with van der Waals surface area (Å²) in [7, 11) is 0. The quantitative estimate of drug-likeness (QED) is 0.795. The molecule has 80 valence electrons. The molecule has 0 aromatic heterocycles. The average Bonchev–Trinajstić information content (AvgIpc) is 2.60. The van der Waals surface area contributed by atoms with Gasteiger partial charge in [0.1, 0.15) is 6.10 Å². The van der Waals surface area contributed by atoms with Crippen molar-refractivity contribution in [3.8, 4) is 0 Å². The van der Waals surface area contributed by atoms with Crippen molar-refractivity contribution < 1.29 is 14.6 Å². The Balaban J connectivity index is 2.21. The van der Waals surface area contributed by atoms with Crippen LogP contribution < -0.4 is 4.90 Å². The van der Waals surface area contributed by atoms with E-state index in [2.05, 4.69) is 0 Å². The lowest BCUT2D eigenvalue weighted by Gasteiger charge is -2.12. The number of hydrogen-bond donors (Lipinski definition) is 1. The monoisotopic (exact) mass is 207 g/mol. The van der Waals surface area contributed by atoms with E-state index in [-0.39, 0.29) is 12.7 Å². The maximum atomic E-state index is 11.4. The number of aliphatic hydroxyl groups is 1. The average molecular weight is 207 g/mol. The van der Waals surface area contributed by atoms with Crippen LogP contribution >= 0.6 is 0 Å². The Bertz CT molecular complexity index is 378. The molecular formula is C11H13NO3. The predicted molar refractivity (Wildman–Crippen MR) is 55.9 cm³/mol. The summed E-state index contributed by atoms with van der Waals surface area (Å²) >= 11 is 0. The zero-order valence-corrected chi connectivity index (χ0v) is 8.51. The molecule has 4 heteroatoms. The molecule has 1 aliphatic heterocycles. The van der Waals surface area contributed by atoms with Crippen LogP contribution in [0, 0.1) is 6.92 Å². The Morgan fingerprint density at radius 3 is 3.00 bits per heavy atom. The second-order valence-corrected chi connectivity index (χ2v) is 3.64. The van der Waals surface area contributed by atoms with E-state index in [0.717, 1.165) is 11.3 Å². The number of cyclic esters (lactones) is 1. The van der Waals surface area contributed by atoms with Gasteiger partial charge in [-0.1, -0.05) is 12.1 Å². The van der Waals surface area contributed by atoms with Gasteiger partial charge in [0.25, 0.3) is 0 Å². The maximum Gasteiger partial charge on any atom is 0.414 e. The van der Waals surface area contributed by atoms with Crippen LogP contribution in [0.4, 0.5) is 10.5 Å². The first-order valence-electron chi connectivity index (χ1n) is 4.86. The third-order valence-corrected chi connectivity index (χ3v) is 2.39. The van der Waals surface area contributed by atoms with Crippen LogP contribution in [0.3, 0.4) is 0 Å². The SMILES string of the molecule is Cc1cccc(N2C[C@@H](CO)OC2=O)c1. The summed E-state index contributed by atoms with van der Waals surface area (Å²) in [4.78, 5) is 13.0. The van der Waals surface area contributed by atoms with Crippen molar-refractivity contribution in [2.45, 2.75) is 13.0 Å². The summed E-state index contributed by atoms with van der Waals surface area (Å²) in [6.07, 6.45) is -0.794. The molecule has 0 aliphatic carbocycles. The van der Waals surface area contributed by atoms with Crippen molar-refractivity contribution in [1.29, 1.82) is 0 Å². The van der Waals surface area contributed by atoms with Crippen molar-refractivity contribution in [2.75, 3.05) is 18.1 Å². The predicted octanol–water partition coefficient (Wildman–Crippen LogP) is 1.31. The number of benzene rings is 1. The molecular weight excluding hydrogens is 194 g/mol. The largest absolute Gasteiger partial charge is 0.441 e. The van der Waals surface area contributed by atoms with E-state index in [0.29, 0.717) is 6.54 Å². The molecule has 1 aliphatic rings. The number of hydrogen-bond acceptors (Lipinski definition) is 3. The van der Waals surface area contributed by atoms with Crippen LogP contribution in [0.15, 0.2) is 24.3 Å². The molecule has 0 unspecified atom stereocenters. The molecule has 0 radical (unpaired) electrons. The minimum Gasteiger partial charge on any atom is -0.441 e. The smallest absolute Gasteiger partial charge is 0.414 e. The fraction of sp³-hybridized carbons (Fsp3) is 0.364. The number of aliphatic hydroxyl groups excluding tert-OH is 1. The molecule has 0 saturated carbocycles. The van der Waals surface area contributed by atoms with Gasteiger partial charge >= 0.3 is 6.09 Å². The molecule has 1 N–H and O–H groups in total. The molecule has 4 nitrogen and oxygen atoms in total. The summed E-state index contributed by atoms with van der Waals surface area (Å²) in [5.41, 5.74) is 1.91. The van der Waals surface area contributed by atoms with Crippen molar-refractivity contribution in [3.63, 3.8) is 0 Å². The van der Waals surface area contributed by atoms with Gasteiger partial charge in [-0.05, 0) is 24.6 Å². The zero-order chi connectivity index (χ0) is 10.8. The second-order valence-electron chi connectivity index (χ2n) is 3.64. The first-order valence-corrected chi connectivity index (χ1v) is 4.86. The third kappa shape index (κ3) is 1.94. The number of carbonyl (C=O) groups is 1. The normalized spacial score (nSPS) is 20.5. The Labute approximate surface area is 88.1 Å². The van der Waals surface area contributed by atoms with Gasteiger partial charge in [0, 0.05) is 5.69 Å². The highest BCUT2D eigenvalue weighted by atomic mass is 16.6. The maximum absolute atomic E-state index is 11.4. The number of aryl methyl sites for hydroxylation is 1. The lowest BCUT2D eigenvalue weighted by molar-refractivity contribution is 0.0963. The summed E-state index contributed by atoms with van der Waals surface area (Å²) in [6.45, 7) is 2.25. The van der Waals surface area contributed by atoms with E-state index >= 15 is 0 Å². The van der Waals surface area contributed by atoms with Crippen LogP contribution in [0.1, 0.15) is 5.56 Å². The lowest BCUT2D eigenvalue weighted by atomic mass is 10.2. The first kappa shape index (κ1) is 9.98. The van der Waals surface area contributed by atoms with Gasteiger partial charge in [0.05, 0.1) is 13.2 Å². The minimum atomic E-state index is -0.405. The van der Waals surface area contributed by atoms with Crippen LogP contribution in [0.25, 0.3) is 0 Å². The minimum absolute atomic E-state index is 0.131. The lowest BCUT2D eigenvalue weighted by Crippen LogP contribution is -2.25. The van der Waals surface area contributed by atoms with Gasteiger partial charge in [-0.3, -0.25) is 4.90 Å². The van der Waals surface area contributed by atoms with E-state index in [1.54, 1.807) is 0 Å². The van der Waals surface area contributed by atoms with Gasteiger partial charge in [0.15, 0.2) is 0 Å². The van der Waals surface area contributed by atoms with Crippen molar-refractivity contribution in [1.82, 2.24) is 0 Å². The number of anilines is 1. The molecule has 0 spiro atoms. The van der Waals surface area contributed by atoms with Crippen LogP contribution in [0.2, 0.25) is 0 Å². The Morgan fingerprint density at radius 1 is 1.60 bits per heavy atom. The van der Waals surface area contributed by atoms with E-state index < -0.39 is 6.10 Å². The van der Waals surface area contributed by atoms with Gasteiger partial charge < -0.3 is 9.84 Å². The molecule has 2 rings (SSSR count). The molecule has 15 heavy (non-hydrogen) atoms. The van der Waals surface area contributed by atoms with Crippen molar-refractivity contribution in [3.05, 3.63) is 29.8 Å². The van der Waals surface area contributed by atoms with Crippen LogP contribution in [-0.2, 0) is 4.74 Å². The van der Waals surface area contributed by atoms with Gasteiger partial charge in [-0.15, -0.1) is 0 Å². The second kappa shape index (κ2) is 3.90. The van der Waals surface area contributed by atoms with E-state index in [9.17, 15) is 4.79 Å². The summed E-state index contributed by atoms with van der Waals surface area (Å²) in [6, 6.07) is 7.63. The molecule has 1 fully saturated rings. The summed E-state index contributed by atoms with van der Waals surface area (Å²) in [5, 5.41) is 8.90. The highest BCUT2D eigenvalue weighted by molar-refractivity contribution is 5.89. The fourth-order valence-corrected chi connectivity index (χ4v) is 1.62. The Morgan fingerprint density at radius 2 is 2.40 bits per heavy atom. The van der Waals surface area contributed by atoms with E-state index in [4.69, 9.17) is 9.84 Å². The van der Waals surface area contributed by atoms with E-state index in [1.165, 1.54) is 4.90 Å². The van der Waals surface area contributed by atoms with Gasteiger partial charge in [0.2, 0.25) is 0 Å². The first-order chi connectivity index (χ1) is 7.20. The highest BCUT2D eigenvalue weighted by Gasteiger charge is 2.31. The van der Waals surface area contributed by atoms with Crippen molar-refractivity contribution >= 4 is 11.8 Å². The molecule has 1 aromatic rings. The summed E-state index contributed by atoms with van der Waals surface area (Å²) in [5.74, 6) is 0. The van der Waals surface area contributed by atoms with Gasteiger partial charge in [-0.25, -0.2) is 4.79 Å². The zero-order valence-electron chi connectivity index (χ0n) is 8.51. The Hall–Kier alpha value is -1.55. The molecule has 0 bridgehead atoms. The molecule has 1 saturated heterocycles. The molecule has 1 heterocycles. The van der Waals surface area contributed by atoms with Gasteiger partial charge in [-0.2, -0.15) is 0 Å².